The quantitative estimate of drug-likeness (QED) is 0.374. The first-order valence-corrected chi connectivity index (χ1v) is 8.21. The van der Waals surface area contributed by atoms with E-state index in [1.54, 1.807) is 17.8 Å². The van der Waals surface area contributed by atoms with Crippen molar-refractivity contribution >= 4 is 29.1 Å². The van der Waals surface area contributed by atoms with Crippen LogP contribution in [0.4, 0.5) is 0 Å². The predicted octanol–water partition coefficient (Wildman–Crippen LogP) is 4.57. The van der Waals surface area contributed by atoms with E-state index >= 15 is 0 Å². The standard InChI is InChI=1S/C13H20O2S2/c1-2-3-4-5-6-8-17-11-15-13(14)12-7-9-16-10-12/h7,9-10H,2-6,8,11H2,1H3. The highest BCUT2D eigenvalue weighted by Gasteiger charge is 2.06. The molecule has 1 aromatic rings. The largest absolute Gasteiger partial charge is 0.451 e. The van der Waals surface area contributed by atoms with E-state index in [-0.39, 0.29) is 5.97 Å². The monoisotopic (exact) mass is 272 g/mol. The van der Waals surface area contributed by atoms with Gasteiger partial charge in [-0.25, -0.2) is 4.79 Å². The number of ether oxygens (including phenoxy) is 1. The Morgan fingerprint density at radius 2 is 2.18 bits per heavy atom. The summed E-state index contributed by atoms with van der Waals surface area (Å²) in [6, 6.07) is 1.79. The second-order valence-corrected chi connectivity index (χ2v) is 5.72. The number of thioether (sulfide) groups is 1. The van der Waals surface area contributed by atoms with Gasteiger partial charge in [0.15, 0.2) is 0 Å². The molecule has 0 aromatic carbocycles. The molecule has 1 rings (SSSR count). The number of hydrogen-bond donors (Lipinski definition) is 0. The van der Waals surface area contributed by atoms with Gasteiger partial charge in [-0.05, 0) is 23.6 Å². The first-order chi connectivity index (χ1) is 8.34. The summed E-state index contributed by atoms with van der Waals surface area (Å²) in [6.45, 7) is 2.22. The number of carbonyl (C=O) groups excluding carboxylic acids is 1. The van der Waals surface area contributed by atoms with Crippen molar-refractivity contribution in [3.8, 4) is 0 Å². The van der Waals surface area contributed by atoms with Gasteiger partial charge in [0.2, 0.25) is 0 Å². The van der Waals surface area contributed by atoms with Crippen LogP contribution in [0.2, 0.25) is 0 Å². The van der Waals surface area contributed by atoms with Crippen molar-refractivity contribution < 1.29 is 9.53 Å². The van der Waals surface area contributed by atoms with Crippen LogP contribution in [-0.4, -0.2) is 17.7 Å². The molecule has 0 atom stereocenters. The Hall–Kier alpha value is -0.480. The second kappa shape index (κ2) is 9.54. The Balaban J connectivity index is 1.92. The van der Waals surface area contributed by atoms with E-state index < -0.39 is 0 Å². The van der Waals surface area contributed by atoms with Crippen molar-refractivity contribution in [2.24, 2.45) is 0 Å². The smallest absolute Gasteiger partial charge is 0.339 e. The average molecular weight is 272 g/mol. The Morgan fingerprint density at radius 1 is 1.35 bits per heavy atom. The third kappa shape index (κ3) is 6.74. The normalized spacial score (nSPS) is 10.4. The molecule has 96 valence electrons. The van der Waals surface area contributed by atoms with E-state index in [4.69, 9.17) is 4.74 Å². The van der Waals surface area contributed by atoms with Crippen LogP contribution in [0.25, 0.3) is 0 Å². The summed E-state index contributed by atoms with van der Waals surface area (Å²) < 4.78 is 5.14. The van der Waals surface area contributed by atoms with Crippen molar-refractivity contribution in [3.63, 3.8) is 0 Å². The zero-order valence-corrected chi connectivity index (χ0v) is 11.9. The van der Waals surface area contributed by atoms with Crippen molar-refractivity contribution in [3.05, 3.63) is 22.4 Å². The molecule has 0 radical (unpaired) electrons. The van der Waals surface area contributed by atoms with Gasteiger partial charge in [0.25, 0.3) is 0 Å². The molecule has 0 aliphatic carbocycles. The van der Waals surface area contributed by atoms with Crippen LogP contribution in [0.1, 0.15) is 49.4 Å². The number of rotatable bonds is 9. The Labute approximate surface area is 112 Å². The Kier molecular flexibility index (Phi) is 8.18. The van der Waals surface area contributed by atoms with Crippen LogP contribution in [0.15, 0.2) is 16.8 Å². The maximum absolute atomic E-state index is 11.5. The van der Waals surface area contributed by atoms with Gasteiger partial charge in [-0.2, -0.15) is 11.3 Å². The summed E-state index contributed by atoms with van der Waals surface area (Å²) in [5.74, 6) is 1.35. The number of esters is 1. The van der Waals surface area contributed by atoms with Crippen LogP contribution >= 0.6 is 23.1 Å². The molecule has 4 heteroatoms. The lowest BCUT2D eigenvalue weighted by molar-refractivity contribution is 0.0580. The van der Waals surface area contributed by atoms with Crippen molar-refractivity contribution in [1.29, 1.82) is 0 Å². The van der Waals surface area contributed by atoms with Gasteiger partial charge in [0.05, 0.1) is 5.56 Å². The highest BCUT2D eigenvalue weighted by molar-refractivity contribution is 7.99. The highest BCUT2D eigenvalue weighted by atomic mass is 32.2. The van der Waals surface area contributed by atoms with E-state index in [2.05, 4.69) is 6.92 Å². The second-order valence-electron chi connectivity index (χ2n) is 3.88. The number of carbonyl (C=O) groups is 1. The van der Waals surface area contributed by atoms with Crippen LogP contribution < -0.4 is 0 Å². The maximum Gasteiger partial charge on any atom is 0.339 e. The first kappa shape index (κ1) is 14.6. The topological polar surface area (TPSA) is 26.3 Å². The predicted molar refractivity (Wildman–Crippen MR) is 75.8 cm³/mol. The van der Waals surface area contributed by atoms with Crippen LogP contribution in [0.5, 0.6) is 0 Å². The molecule has 0 saturated carbocycles. The van der Waals surface area contributed by atoms with E-state index in [1.165, 1.54) is 43.4 Å². The molecule has 0 aliphatic rings. The van der Waals surface area contributed by atoms with Gasteiger partial charge in [-0.15, -0.1) is 11.8 Å². The summed E-state index contributed by atoms with van der Waals surface area (Å²) in [4.78, 5) is 11.5. The fourth-order valence-electron chi connectivity index (χ4n) is 1.43. The summed E-state index contributed by atoms with van der Waals surface area (Å²) >= 11 is 3.21. The van der Waals surface area contributed by atoms with Gasteiger partial charge in [-0.3, -0.25) is 0 Å². The average Bonchev–Trinajstić information content (AvgIpc) is 2.86. The zero-order chi connectivity index (χ0) is 12.3. The lowest BCUT2D eigenvalue weighted by atomic mass is 10.2. The summed E-state index contributed by atoms with van der Waals surface area (Å²) in [5.41, 5.74) is 0.665. The van der Waals surface area contributed by atoms with Gasteiger partial charge in [0, 0.05) is 5.38 Å². The maximum atomic E-state index is 11.5. The zero-order valence-electron chi connectivity index (χ0n) is 10.3. The fraction of sp³-hybridized carbons (Fsp3) is 0.615. The van der Waals surface area contributed by atoms with E-state index in [1.807, 2.05) is 10.8 Å². The van der Waals surface area contributed by atoms with Crippen molar-refractivity contribution in [1.82, 2.24) is 0 Å². The molecule has 1 heterocycles. The third-order valence-electron chi connectivity index (χ3n) is 2.42. The van der Waals surface area contributed by atoms with Crippen molar-refractivity contribution in [2.75, 3.05) is 11.7 Å². The molecule has 1 aromatic heterocycles. The van der Waals surface area contributed by atoms with Gasteiger partial charge >= 0.3 is 5.97 Å². The Morgan fingerprint density at radius 3 is 2.88 bits per heavy atom. The highest BCUT2D eigenvalue weighted by Crippen LogP contribution is 2.11. The Bertz CT molecular complexity index is 296. The lowest BCUT2D eigenvalue weighted by Gasteiger charge is -2.03. The number of thiophene rings is 1. The molecular formula is C13H20O2S2. The summed E-state index contributed by atoms with van der Waals surface area (Å²) in [7, 11) is 0. The molecule has 0 amide bonds. The molecular weight excluding hydrogens is 252 g/mol. The van der Waals surface area contributed by atoms with E-state index in [9.17, 15) is 4.79 Å². The third-order valence-corrected chi connectivity index (χ3v) is 3.97. The van der Waals surface area contributed by atoms with Crippen LogP contribution in [0, 0.1) is 0 Å². The van der Waals surface area contributed by atoms with Crippen LogP contribution in [0.3, 0.4) is 0 Å². The minimum atomic E-state index is -0.204. The van der Waals surface area contributed by atoms with Gasteiger partial charge in [0.1, 0.15) is 5.94 Å². The van der Waals surface area contributed by atoms with Crippen molar-refractivity contribution in [2.45, 2.75) is 39.0 Å². The molecule has 0 unspecified atom stereocenters. The van der Waals surface area contributed by atoms with E-state index in [0.29, 0.717) is 11.5 Å². The summed E-state index contributed by atoms with van der Waals surface area (Å²) in [5, 5.41) is 3.70. The SMILES string of the molecule is CCCCCCCSCOC(=O)c1ccsc1. The molecule has 0 spiro atoms. The van der Waals surface area contributed by atoms with Gasteiger partial charge in [-0.1, -0.05) is 32.6 Å². The minimum absolute atomic E-state index is 0.204. The van der Waals surface area contributed by atoms with E-state index in [0.717, 1.165) is 5.75 Å². The molecule has 17 heavy (non-hydrogen) atoms. The molecule has 0 bridgehead atoms. The number of hydrogen-bond acceptors (Lipinski definition) is 4. The van der Waals surface area contributed by atoms with Gasteiger partial charge < -0.3 is 4.74 Å². The number of unbranched alkanes of at least 4 members (excludes halogenated alkanes) is 4. The molecule has 0 saturated heterocycles. The fourth-order valence-corrected chi connectivity index (χ4v) is 2.77. The van der Waals surface area contributed by atoms with Crippen LogP contribution in [-0.2, 0) is 4.74 Å². The molecule has 0 aliphatic heterocycles. The molecule has 0 N–H and O–H groups in total. The summed E-state index contributed by atoms with van der Waals surface area (Å²) in [6.07, 6.45) is 6.45. The first-order valence-electron chi connectivity index (χ1n) is 6.11. The lowest BCUT2D eigenvalue weighted by Crippen LogP contribution is -2.03. The molecule has 2 nitrogen and oxygen atoms in total. The molecule has 0 fully saturated rings. The minimum Gasteiger partial charge on any atom is -0.451 e.